The zero-order valence-corrected chi connectivity index (χ0v) is 13.3. The smallest absolute Gasteiger partial charge is 0.323 e. The fourth-order valence-electron chi connectivity index (χ4n) is 3.71. The van der Waals surface area contributed by atoms with Crippen LogP contribution >= 0.6 is 0 Å². The van der Waals surface area contributed by atoms with Gasteiger partial charge in [0.25, 0.3) is 0 Å². The largest absolute Gasteiger partial charge is 0.468 e. The molecule has 1 aliphatic heterocycles. The van der Waals surface area contributed by atoms with Gasteiger partial charge < -0.3 is 9.47 Å². The van der Waals surface area contributed by atoms with E-state index in [1.165, 1.54) is 25.0 Å². The summed E-state index contributed by atoms with van der Waals surface area (Å²) in [6, 6.07) is 1.13. The van der Waals surface area contributed by atoms with Crippen LogP contribution in [0.15, 0.2) is 10.8 Å². The van der Waals surface area contributed by atoms with E-state index in [1.54, 1.807) is 0 Å². The summed E-state index contributed by atoms with van der Waals surface area (Å²) in [6.07, 6.45) is 1.04. The summed E-state index contributed by atoms with van der Waals surface area (Å²) >= 11 is 0. The molecule has 1 aliphatic carbocycles. The molecule has 0 amide bonds. The van der Waals surface area contributed by atoms with Gasteiger partial charge in [0.2, 0.25) is 0 Å². The van der Waals surface area contributed by atoms with Crippen LogP contribution in [0.5, 0.6) is 0 Å². The van der Waals surface area contributed by atoms with Crippen molar-refractivity contribution >= 4 is 20.0 Å². The number of hydrogen-bond donors (Lipinski definition) is 0. The van der Waals surface area contributed by atoms with Crippen molar-refractivity contribution in [2.24, 2.45) is 11.3 Å². The first-order valence-electron chi connectivity index (χ1n) is 6.65. The molecule has 4 nitrogen and oxygen atoms in total. The molecule has 0 N–H and O–H groups in total. The Morgan fingerprint density at radius 1 is 1.21 bits per heavy atom. The third-order valence-corrected chi connectivity index (χ3v) is 8.85. The maximum absolute atomic E-state index is 12.1. The third kappa shape index (κ3) is 1.95. The summed E-state index contributed by atoms with van der Waals surface area (Å²) in [6.45, 7) is 6.88. The van der Waals surface area contributed by atoms with Crippen molar-refractivity contribution in [2.45, 2.75) is 38.9 Å². The molecule has 0 spiro atoms. The minimum atomic E-state index is -1.32. The van der Waals surface area contributed by atoms with Crippen molar-refractivity contribution < 1.29 is 19.1 Å². The van der Waals surface area contributed by atoms with Gasteiger partial charge in [-0.1, -0.05) is 23.9 Å². The van der Waals surface area contributed by atoms with Crippen LogP contribution in [0.1, 0.15) is 19.8 Å². The lowest BCUT2D eigenvalue weighted by atomic mass is 9.85. The average Bonchev–Trinajstić information content (AvgIpc) is 2.83. The van der Waals surface area contributed by atoms with Crippen molar-refractivity contribution in [3.8, 4) is 0 Å². The molecule has 1 atom stereocenters. The quantitative estimate of drug-likeness (QED) is 0.443. The van der Waals surface area contributed by atoms with Crippen LogP contribution in [0.4, 0.5) is 0 Å². The van der Waals surface area contributed by atoms with E-state index < -0.39 is 25.4 Å². The molecule has 1 saturated carbocycles. The topological polar surface area (TPSA) is 52.6 Å². The molecule has 0 saturated heterocycles. The van der Waals surface area contributed by atoms with Crippen LogP contribution in [0.2, 0.25) is 19.1 Å². The van der Waals surface area contributed by atoms with Gasteiger partial charge in [-0.05, 0) is 31.7 Å². The van der Waals surface area contributed by atoms with E-state index in [2.05, 4.69) is 20.0 Å². The summed E-state index contributed by atoms with van der Waals surface area (Å²) in [4.78, 5) is 24.2. The maximum atomic E-state index is 12.1. The first-order chi connectivity index (χ1) is 8.78. The molecular formula is C14H22O4Si. The Hall–Kier alpha value is -1.10. The molecule has 0 bridgehead atoms. The number of fused-ring (bicyclic) bond motifs is 1. The molecule has 1 heterocycles. The van der Waals surface area contributed by atoms with Crippen molar-refractivity contribution in [3.63, 3.8) is 0 Å². The maximum Gasteiger partial charge on any atom is 0.323 e. The second-order valence-corrected chi connectivity index (χ2v) is 11.3. The Morgan fingerprint density at radius 2 is 1.74 bits per heavy atom. The number of hydrogen-bond acceptors (Lipinski definition) is 4. The van der Waals surface area contributed by atoms with Crippen molar-refractivity contribution in [3.05, 3.63) is 10.8 Å². The van der Waals surface area contributed by atoms with E-state index in [-0.39, 0.29) is 0 Å². The third-order valence-electron chi connectivity index (χ3n) is 4.99. The molecule has 1 fully saturated rings. The Balaban J connectivity index is 2.41. The molecule has 0 radical (unpaired) electrons. The van der Waals surface area contributed by atoms with Crippen LogP contribution in [-0.2, 0) is 19.1 Å². The Labute approximate surface area is 115 Å². The summed E-state index contributed by atoms with van der Waals surface area (Å²) in [5.74, 6) is -0.540. The van der Waals surface area contributed by atoms with Crippen LogP contribution in [0, 0.1) is 11.3 Å². The molecule has 0 aromatic carbocycles. The predicted octanol–water partition coefficient (Wildman–Crippen LogP) is 2.31. The van der Waals surface area contributed by atoms with E-state index in [0.29, 0.717) is 18.8 Å². The molecule has 0 aromatic rings. The molecule has 19 heavy (non-hydrogen) atoms. The zero-order valence-electron chi connectivity index (χ0n) is 12.3. The second-order valence-electron chi connectivity index (χ2n) is 6.38. The molecule has 5 heteroatoms. The van der Waals surface area contributed by atoms with Gasteiger partial charge in [0.05, 0.1) is 22.3 Å². The van der Waals surface area contributed by atoms with Crippen LogP contribution in [0.3, 0.4) is 0 Å². The Morgan fingerprint density at radius 3 is 2.16 bits per heavy atom. The van der Waals surface area contributed by atoms with E-state index >= 15 is 0 Å². The first kappa shape index (κ1) is 14.3. The van der Waals surface area contributed by atoms with Crippen molar-refractivity contribution in [1.82, 2.24) is 0 Å². The van der Waals surface area contributed by atoms with Gasteiger partial charge in [0, 0.05) is 0 Å². The number of carbonyl (C=O) groups excluding carboxylic acids is 2. The molecule has 2 rings (SSSR count). The molecule has 106 valence electrons. The average molecular weight is 282 g/mol. The van der Waals surface area contributed by atoms with Gasteiger partial charge in [0.15, 0.2) is 5.41 Å². The highest BCUT2D eigenvalue weighted by Gasteiger charge is 2.58. The number of ether oxygens (including phenoxy) is 2. The Bertz CT molecular complexity index is 448. The fraction of sp³-hybridized carbons (Fsp3) is 0.714. The minimum Gasteiger partial charge on any atom is -0.468 e. The standard InChI is InChI=1S/C14H22O4Si/c1-9-11-7-14(12(15)17-2,13(16)18-3)6-10(11)8-19(9,4)5/h10H,6-8H2,1-5H3. The number of rotatable bonds is 2. The van der Waals surface area contributed by atoms with Crippen LogP contribution in [0.25, 0.3) is 0 Å². The summed E-state index contributed by atoms with van der Waals surface area (Å²) in [7, 11) is 1.35. The SMILES string of the molecule is COC(=O)C1(C(=O)OC)CC2=C(C)[Si](C)(C)CC2C1. The fourth-order valence-corrected chi connectivity index (χ4v) is 6.80. The highest BCUT2D eigenvalue weighted by molar-refractivity contribution is 6.85. The van der Waals surface area contributed by atoms with Crippen molar-refractivity contribution in [1.29, 1.82) is 0 Å². The summed E-state index contributed by atoms with van der Waals surface area (Å²) in [5, 5.41) is 1.45. The van der Waals surface area contributed by atoms with E-state index in [9.17, 15) is 9.59 Å². The number of allylic oxidation sites excluding steroid dienone is 2. The monoisotopic (exact) mass is 282 g/mol. The number of methoxy groups -OCH3 is 2. The van der Waals surface area contributed by atoms with Crippen LogP contribution < -0.4 is 0 Å². The van der Waals surface area contributed by atoms with Gasteiger partial charge in [-0.15, -0.1) is 0 Å². The summed E-state index contributed by atoms with van der Waals surface area (Å²) < 4.78 is 9.72. The molecule has 0 aromatic heterocycles. The van der Waals surface area contributed by atoms with Crippen LogP contribution in [-0.4, -0.2) is 34.2 Å². The van der Waals surface area contributed by atoms with Gasteiger partial charge in [-0.25, -0.2) is 0 Å². The van der Waals surface area contributed by atoms with E-state index in [1.807, 2.05) is 0 Å². The molecule has 1 unspecified atom stereocenters. The van der Waals surface area contributed by atoms with E-state index in [4.69, 9.17) is 9.47 Å². The van der Waals surface area contributed by atoms with Gasteiger partial charge in [-0.2, -0.15) is 0 Å². The van der Waals surface area contributed by atoms with Gasteiger partial charge in [-0.3, -0.25) is 9.59 Å². The predicted molar refractivity (Wildman–Crippen MR) is 74.2 cm³/mol. The molecule has 2 aliphatic rings. The zero-order chi connectivity index (χ0) is 14.4. The molecular weight excluding hydrogens is 260 g/mol. The van der Waals surface area contributed by atoms with Gasteiger partial charge >= 0.3 is 11.9 Å². The van der Waals surface area contributed by atoms with Crippen molar-refractivity contribution in [2.75, 3.05) is 14.2 Å². The lowest BCUT2D eigenvalue weighted by Gasteiger charge is -2.26. The lowest BCUT2D eigenvalue weighted by molar-refractivity contribution is -0.168. The number of esters is 2. The lowest BCUT2D eigenvalue weighted by Crippen LogP contribution is -2.40. The highest BCUT2D eigenvalue weighted by Crippen LogP contribution is 2.55. The van der Waals surface area contributed by atoms with E-state index in [0.717, 1.165) is 6.04 Å². The Kier molecular flexibility index (Phi) is 3.37. The highest BCUT2D eigenvalue weighted by atomic mass is 28.3. The van der Waals surface area contributed by atoms with Gasteiger partial charge in [0.1, 0.15) is 0 Å². The first-order valence-corrected chi connectivity index (χ1v) is 9.86. The minimum absolute atomic E-state index is 0.361. The normalized spacial score (nSPS) is 27.1. The second kappa shape index (κ2) is 4.47. The summed E-state index contributed by atoms with van der Waals surface area (Å²) in [5.41, 5.74) is 0.211. The number of carbonyl (C=O) groups is 2.